The molecule has 0 bridgehead atoms. The molecule has 8 heteroatoms. The van der Waals surface area contributed by atoms with Gasteiger partial charge in [-0.25, -0.2) is 4.98 Å². The molecule has 0 saturated carbocycles. The lowest BCUT2D eigenvalue weighted by Gasteiger charge is -2.09. The van der Waals surface area contributed by atoms with Gasteiger partial charge in [0.05, 0.1) is 12.7 Å². The zero-order chi connectivity index (χ0) is 24.1. The number of nitrogens with one attached hydrogen (secondary N) is 2. The first kappa shape index (κ1) is 23.0. The third kappa shape index (κ3) is 5.41. The minimum atomic E-state index is -0.382. The largest absolute Gasteiger partial charge is 0.507 e. The molecule has 4 rings (SSSR count). The van der Waals surface area contributed by atoms with Crippen LogP contribution in [0.25, 0.3) is 28.6 Å². The molecule has 4 aromatic rings. The van der Waals surface area contributed by atoms with Crippen molar-refractivity contribution in [3.05, 3.63) is 77.9 Å². The molecule has 34 heavy (non-hydrogen) atoms. The maximum Gasteiger partial charge on any atom is 0.250 e. The van der Waals surface area contributed by atoms with E-state index in [1.165, 1.54) is 12.1 Å². The first-order chi connectivity index (χ1) is 16.4. The van der Waals surface area contributed by atoms with E-state index in [1.54, 1.807) is 25.3 Å². The number of ether oxygens (including phenoxy) is 1. The molecule has 0 fully saturated rings. The Kier molecular flexibility index (Phi) is 6.89. The molecule has 0 aliphatic rings. The summed E-state index contributed by atoms with van der Waals surface area (Å²) in [5.74, 6) is 0.655. The van der Waals surface area contributed by atoms with Gasteiger partial charge >= 0.3 is 0 Å². The number of thiocarbonyl (C=S) groups is 1. The highest BCUT2D eigenvalue weighted by molar-refractivity contribution is 7.80. The van der Waals surface area contributed by atoms with Gasteiger partial charge < -0.3 is 19.6 Å². The van der Waals surface area contributed by atoms with Gasteiger partial charge in [-0.3, -0.25) is 10.1 Å². The van der Waals surface area contributed by atoms with Crippen LogP contribution in [0.15, 0.2) is 71.2 Å². The van der Waals surface area contributed by atoms with Gasteiger partial charge in [-0.1, -0.05) is 25.1 Å². The van der Waals surface area contributed by atoms with Crippen LogP contribution in [-0.4, -0.2) is 28.2 Å². The van der Waals surface area contributed by atoms with Crippen LogP contribution < -0.4 is 15.4 Å². The molecule has 7 nitrogen and oxygen atoms in total. The number of rotatable bonds is 6. The SMILES string of the molecule is CCc1ccc2oc(-c3ccc(NC(=S)NC(=O)/C=C/c4ccc(OC)cc4)cc3O)nc2c1. The molecular weight excluding hydrogens is 450 g/mol. The molecule has 172 valence electrons. The van der Waals surface area contributed by atoms with Gasteiger partial charge in [-0.2, -0.15) is 0 Å². The lowest BCUT2D eigenvalue weighted by Crippen LogP contribution is -2.32. The Balaban J connectivity index is 1.39. The van der Waals surface area contributed by atoms with E-state index < -0.39 is 0 Å². The molecule has 3 aromatic carbocycles. The molecule has 0 aliphatic carbocycles. The zero-order valence-corrected chi connectivity index (χ0v) is 19.5. The second-order valence-corrected chi connectivity index (χ2v) is 7.86. The molecule has 0 atom stereocenters. The van der Waals surface area contributed by atoms with Crippen LogP contribution in [0.2, 0.25) is 0 Å². The summed E-state index contributed by atoms with van der Waals surface area (Å²) in [4.78, 5) is 16.6. The fraction of sp³-hybridized carbons (Fsp3) is 0.115. The number of fused-ring (bicyclic) bond motifs is 1. The van der Waals surface area contributed by atoms with Crippen molar-refractivity contribution in [2.24, 2.45) is 0 Å². The lowest BCUT2D eigenvalue weighted by molar-refractivity contribution is -0.115. The van der Waals surface area contributed by atoms with Gasteiger partial charge in [0.15, 0.2) is 10.7 Å². The summed E-state index contributed by atoms with van der Waals surface area (Å²) in [6, 6.07) is 18.0. The molecule has 1 amide bonds. The Bertz CT molecular complexity index is 1380. The summed E-state index contributed by atoms with van der Waals surface area (Å²) in [5.41, 5.74) is 4.36. The summed E-state index contributed by atoms with van der Waals surface area (Å²) in [6.07, 6.45) is 3.95. The van der Waals surface area contributed by atoms with E-state index in [2.05, 4.69) is 22.5 Å². The molecule has 0 unspecified atom stereocenters. The van der Waals surface area contributed by atoms with Crippen LogP contribution in [0.3, 0.4) is 0 Å². The highest BCUT2D eigenvalue weighted by atomic mass is 32.1. The topological polar surface area (TPSA) is 96.6 Å². The summed E-state index contributed by atoms with van der Waals surface area (Å²) in [7, 11) is 1.59. The van der Waals surface area contributed by atoms with Crippen LogP contribution in [0, 0.1) is 0 Å². The van der Waals surface area contributed by atoms with E-state index in [0.29, 0.717) is 22.7 Å². The van der Waals surface area contributed by atoms with Crippen LogP contribution in [-0.2, 0) is 11.2 Å². The van der Waals surface area contributed by atoms with Crippen LogP contribution in [0.1, 0.15) is 18.1 Å². The Morgan fingerprint density at radius 3 is 2.65 bits per heavy atom. The number of methoxy groups -OCH3 is 1. The van der Waals surface area contributed by atoms with Gasteiger partial charge in [-0.15, -0.1) is 0 Å². The quantitative estimate of drug-likeness (QED) is 0.258. The van der Waals surface area contributed by atoms with Crippen molar-refractivity contribution in [3.63, 3.8) is 0 Å². The van der Waals surface area contributed by atoms with Crippen molar-refractivity contribution >= 4 is 46.1 Å². The number of hydrogen-bond donors (Lipinski definition) is 3. The number of aromatic hydroxyl groups is 1. The van der Waals surface area contributed by atoms with Crippen LogP contribution in [0.5, 0.6) is 11.5 Å². The average molecular weight is 474 g/mol. The normalized spacial score (nSPS) is 11.0. The number of carbonyl (C=O) groups is 1. The van der Waals surface area contributed by atoms with Crippen molar-refractivity contribution in [3.8, 4) is 23.0 Å². The smallest absolute Gasteiger partial charge is 0.250 e. The molecule has 1 heterocycles. The molecule has 0 radical (unpaired) electrons. The van der Waals surface area contributed by atoms with Crippen molar-refractivity contribution in [1.82, 2.24) is 10.3 Å². The molecule has 1 aromatic heterocycles. The Hall–Kier alpha value is -4.17. The number of aromatic nitrogens is 1. The van der Waals surface area contributed by atoms with Gasteiger partial charge in [0.25, 0.3) is 0 Å². The van der Waals surface area contributed by atoms with E-state index in [0.717, 1.165) is 28.8 Å². The van der Waals surface area contributed by atoms with Crippen LogP contribution in [0.4, 0.5) is 5.69 Å². The fourth-order valence-corrected chi connectivity index (χ4v) is 3.52. The number of nitrogens with zero attached hydrogens (tertiary/aromatic N) is 1. The molecule has 0 saturated heterocycles. The zero-order valence-electron chi connectivity index (χ0n) is 18.7. The number of anilines is 1. The van der Waals surface area contributed by atoms with E-state index in [1.807, 2.05) is 42.5 Å². The number of phenols is 1. The standard InChI is InChI=1S/C26H23N3O4S/c1-3-16-6-12-23-21(14-16)28-25(33-23)20-11-8-18(15-22(20)30)27-26(34)29-24(31)13-7-17-4-9-19(32-2)10-5-17/h4-15,30H,3H2,1-2H3,(H2,27,29,31,34)/b13-7+. The number of carbonyl (C=O) groups excluding carboxylic acids is 1. The second kappa shape index (κ2) is 10.2. The number of amides is 1. The Labute approximate surface area is 202 Å². The predicted octanol–water partition coefficient (Wildman–Crippen LogP) is 5.30. The maximum absolute atomic E-state index is 12.2. The lowest BCUT2D eigenvalue weighted by atomic mass is 10.1. The van der Waals surface area contributed by atoms with E-state index in [9.17, 15) is 9.90 Å². The van der Waals surface area contributed by atoms with Crippen molar-refractivity contribution < 1.29 is 19.1 Å². The molecule has 0 spiro atoms. The molecule has 0 aliphatic heterocycles. The summed E-state index contributed by atoms with van der Waals surface area (Å²) in [5, 5.41) is 16.1. The molecule has 3 N–H and O–H groups in total. The highest BCUT2D eigenvalue weighted by Gasteiger charge is 2.14. The maximum atomic E-state index is 12.2. The third-order valence-corrected chi connectivity index (χ3v) is 5.33. The number of phenolic OH excluding ortho intramolecular Hbond substituents is 1. The average Bonchev–Trinajstić information content (AvgIpc) is 3.26. The first-order valence-corrected chi connectivity index (χ1v) is 11.0. The minimum Gasteiger partial charge on any atom is -0.507 e. The van der Waals surface area contributed by atoms with Crippen molar-refractivity contribution in [1.29, 1.82) is 0 Å². The number of benzene rings is 3. The van der Waals surface area contributed by atoms with Gasteiger partial charge in [0, 0.05) is 17.8 Å². The minimum absolute atomic E-state index is 0.0270. The Morgan fingerprint density at radius 2 is 1.94 bits per heavy atom. The number of hydrogen-bond acceptors (Lipinski definition) is 6. The second-order valence-electron chi connectivity index (χ2n) is 7.46. The summed E-state index contributed by atoms with van der Waals surface area (Å²) < 4.78 is 10.9. The van der Waals surface area contributed by atoms with Gasteiger partial charge in [0.1, 0.15) is 17.0 Å². The highest BCUT2D eigenvalue weighted by Crippen LogP contribution is 2.33. The number of oxazole rings is 1. The van der Waals surface area contributed by atoms with Gasteiger partial charge in [0.2, 0.25) is 11.8 Å². The van der Waals surface area contributed by atoms with Crippen molar-refractivity contribution in [2.45, 2.75) is 13.3 Å². The van der Waals surface area contributed by atoms with E-state index in [4.69, 9.17) is 21.4 Å². The summed E-state index contributed by atoms with van der Waals surface area (Å²) >= 11 is 5.21. The third-order valence-electron chi connectivity index (χ3n) is 5.13. The van der Waals surface area contributed by atoms with Crippen LogP contribution >= 0.6 is 12.2 Å². The summed E-state index contributed by atoms with van der Waals surface area (Å²) in [6.45, 7) is 2.07. The van der Waals surface area contributed by atoms with E-state index in [-0.39, 0.29) is 16.8 Å². The Morgan fingerprint density at radius 1 is 1.15 bits per heavy atom. The first-order valence-electron chi connectivity index (χ1n) is 10.6. The predicted molar refractivity (Wildman–Crippen MR) is 137 cm³/mol. The fourth-order valence-electron chi connectivity index (χ4n) is 3.30. The monoisotopic (exact) mass is 473 g/mol. The van der Waals surface area contributed by atoms with Crippen molar-refractivity contribution in [2.75, 3.05) is 12.4 Å². The van der Waals surface area contributed by atoms with Gasteiger partial charge in [-0.05, 0) is 72.2 Å². The van der Waals surface area contributed by atoms with E-state index >= 15 is 0 Å². The number of aryl methyl sites for hydroxylation is 1. The molecular formula is C26H23N3O4S.